The van der Waals surface area contributed by atoms with Crippen LogP contribution in [0.3, 0.4) is 0 Å². The number of hydrogen-bond acceptors (Lipinski definition) is 5. The summed E-state index contributed by atoms with van der Waals surface area (Å²) in [6.45, 7) is 8.93. The molecule has 0 saturated carbocycles. The van der Waals surface area contributed by atoms with Crippen molar-refractivity contribution in [2.75, 3.05) is 19.7 Å². The molecule has 2 heterocycles. The number of nitrogens with zero attached hydrogens (tertiary/aromatic N) is 3. The van der Waals surface area contributed by atoms with Gasteiger partial charge in [-0.2, -0.15) is 5.10 Å². The summed E-state index contributed by atoms with van der Waals surface area (Å²) in [6.07, 6.45) is 1.27. The maximum absolute atomic E-state index is 12.7. The third-order valence-electron chi connectivity index (χ3n) is 7.68. The number of esters is 1. The van der Waals surface area contributed by atoms with E-state index in [0.29, 0.717) is 29.7 Å². The summed E-state index contributed by atoms with van der Waals surface area (Å²) in [5, 5.41) is 7.49. The lowest BCUT2D eigenvalue weighted by molar-refractivity contribution is -0.141. The summed E-state index contributed by atoms with van der Waals surface area (Å²) >= 11 is 12.5. The number of carbonyl (C=O) groups is 2. The average molecular weight is 623 g/mol. The summed E-state index contributed by atoms with van der Waals surface area (Å²) in [5.74, 6) is -0.205. The summed E-state index contributed by atoms with van der Waals surface area (Å²) < 4.78 is 12.8. The highest BCUT2D eigenvalue weighted by Crippen LogP contribution is 2.38. The number of aromatic nitrogens is 2. The molecule has 4 aromatic rings. The van der Waals surface area contributed by atoms with Crippen LogP contribution < -0.4 is 0 Å². The van der Waals surface area contributed by atoms with E-state index in [4.69, 9.17) is 37.8 Å². The molecule has 0 radical (unpaired) electrons. The van der Waals surface area contributed by atoms with Gasteiger partial charge in [-0.15, -0.1) is 0 Å². The predicted molar refractivity (Wildman–Crippen MR) is 170 cm³/mol. The predicted octanol–water partition coefficient (Wildman–Crippen LogP) is 8.20. The van der Waals surface area contributed by atoms with Crippen LogP contribution in [0.5, 0.6) is 0 Å². The minimum absolute atomic E-state index is 0.0507. The topological polar surface area (TPSA) is 73.7 Å². The van der Waals surface area contributed by atoms with E-state index < -0.39 is 5.60 Å². The third kappa shape index (κ3) is 7.51. The first kappa shape index (κ1) is 30.9. The van der Waals surface area contributed by atoms with Crippen molar-refractivity contribution in [1.29, 1.82) is 0 Å². The zero-order chi connectivity index (χ0) is 30.7. The van der Waals surface area contributed by atoms with Gasteiger partial charge in [0.15, 0.2) is 0 Å². The van der Waals surface area contributed by atoms with Gasteiger partial charge in [-0.1, -0.05) is 53.5 Å². The Morgan fingerprint density at radius 3 is 2.00 bits per heavy atom. The number of halogens is 2. The molecule has 1 fully saturated rings. The molecule has 1 aliphatic rings. The van der Waals surface area contributed by atoms with E-state index in [0.717, 1.165) is 46.1 Å². The highest BCUT2D eigenvalue weighted by atomic mass is 35.5. The standard InChI is InChI=1S/C34H37Cl2N3O4/c1-22(40)42-20-19-39-30-14-9-26(31(23-5-10-27(35)11-6-23)24-7-12-28(36)13-8-24)21-29(30)32(37-39)25-15-17-38(18-16-25)33(41)43-34(2,3)4/h5-14,21,25,31H,15-20H2,1-4H3. The Kier molecular flexibility index (Phi) is 9.33. The molecule has 1 aromatic heterocycles. The number of ether oxygens (including phenoxy) is 2. The Hall–Kier alpha value is -3.55. The number of fused-ring (bicyclic) bond motifs is 1. The minimum Gasteiger partial charge on any atom is -0.464 e. The van der Waals surface area contributed by atoms with Gasteiger partial charge >= 0.3 is 12.1 Å². The number of hydrogen-bond donors (Lipinski definition) is 0. The molecule has 9 heteroatoms. The highest BCUT2D eigenvalue weighted by Gasteiger charge is 2.30. The molecule has 226 valence electrons. The van der Waals surface area contributed by atoms with Gasteiger partial charge in [0.25, 0.3) is 0 Å². The van der Waals surface area contributed by atoms with Crippen LogP contribution >= 0.6 is 23.2 Å². The van der Waals surface area contributed by atoms with Crippen LogP contribution in [0.2, 0.25) is 10.0 Å². The fourth-order valence-electron chi connectivity index (χ4n) is 5.70. The lowest BCUT2D eigenvalue weighted by Gasteiger charge is -2.33. The molecule has 0 atom stereocenters. The quantitative estimate of drug-likeness (QED) is 0.154. The first-order valence-electron chi connectivity index (χ1n) is 14.6. The number of likely N-dealkylation sites (tertiary alicyclic amines) is 1. The van der Waals surface area contributed by atoms with Crippen LogP contribution in [-0.2, 0) is 20.8 Å². The lowest BCUT2D eigenvalue weighted by Crippen LogP contribution is -2.41. The fourth-order valence-corrected chi connectivity index (χ4v) is 5.95. The van der Waals surface area contributed by atoms with Crippen LogP contribution in [-0.4, -0.2) is 52.0 Å². The van der Waals surface area contributed by atoms with Gasteiger partial charge in [-0.25, -0.2) is 4.79 Å². The molecule has 0 N–H and O–H groups in total. The normalized spacial score (nSPS) is 14.3. The van der Waals surface area contributed by atoms with Gasteiger partial charge in [0.1, 0.15) is 12.2 Å². The number of rotatable bonds is 7. The Balaban J connectivity index is 1.52. The van der Waals surface area contributed by atoms with Gasteiger partial charge in [0, 0.05) is 47.3 Å². The number of benzene rings is 3. The Labute approximate surface area is 262 Å². The molecule has 7 nitrogen and oxygen atoms in total. The van der Waals surface area contributed by atoms with Crippen molar-refractivity contribution in [3.05, 3.63) is 99.2 Å². The molecule has 1 aliphatic heterocycles. The van der Waals surface area contributed by atoms with Crippen molar-refractivity contribution >= 4 is 46.2 Å². The number of amides is 1. The molecule has 0 unspecified atom stereocenters. The van der Waals surface area contributed by atoms with E-state index >= 15 is 0 Å². The van der Waals surface area contributed by atoms with Gasteiger partial charge in [0.2, 0.25) is 0 Å². The van der Waals surface area contributed by atoms with Gasteiger partial charge in [-0.05, 0) is 86.7 Å². The van der Waals surface area contributed by atoms with E-state index in [9.17, 15) is 9.59 Å². The summed E-state index contributed by atoms with van der Waals surface area (Å²) in [5.41, 5.74) is 4.78. The van der Waals surface area contributed by atoms with E-state index in [-0.39, 0.29) is 30.5 Å². The second-order valence-corrected chi connectivity index (χ2v) is 12.9. The Morgan fingerprint density at radius 1 is 0.907 bits per heavy atom. The SMILES string of the molecule is CC(=O)OCCn1nc(C2CCN(C(=O)OC(C)(C)C)CC2)c2cc(C(c3ccc(Cl)cc3)c3ccc(Cl)cc3)ccc21. The van der Waals surface area contributed by atoms with Crippen molar-refractivity contribution in [3.63, 3.8) is 0 Å². The van der Waals surface area contributed by atoms with Crippen molar-refractivity contribution in [2.45, 2.75) is 64.5 Å². The zero-order valence-electron chi connectivity index (χ0n) is 25.0. The molecule has 3 aromatic carbocycles. The molecular formula is C34H37Cl2N3O4. The van der Waals surface area contributed by atoms with Crippen molar-refractivity contribution in [3.8, 4) is 0 Å². The summed E-state index contributed by atoms with van der Waals surface area (Å²) in [6, 6.07) is 22.3. The molecule has 43 heavy (non-hydrogen) atoms. The maximum Gasteiger partial charge on any atom is 0.410 e. The molecule has 5 rings (SSSR count). The number of piperidine rings is 1. The molecule has 1 amide bonds. The van der Waals surface area contributed by atoms with Crippen LogP contribution in [0.25, 0.3) is 10.9 Å². The smallest absolute Gasteiger partial charge is 0.410 e. The zero-order valence-corrected chi connectivity index (χ0v) is 26.5. The van der Waals surface area contributed by atoms with Crippen molar-refractivity contribution < 1.29 is 19.1 Å². The van der Waals surface area contributed by atoms with Crippen LogP contribution in [0.4, 0.5) is 4.79 Å². The van der Waals surface area contributed by atoms with E-state index in [2.05, 4.69) is 42.5 Å². The van der Waals surface area contributed by atoms with Gasteiger partial charge in [-0.3, -0.25) is 9.48 Å². The molecule has 0 aliphatic carbocycles. The fraction of sp³-hybridized carbons (Fsp3) is 0.382. The van der Waals surface area contributed by atoms with Crippen molar-refractivity contribution in [1.82, 2.24) is 14.7 Å². The monoisotopic (exact) mass is 621 g/mol. The second kappa shape index (κ2) is 13.0. The van der Waals surface area contributed by atoms with Crippen LogP contribution in [0, 0.1) is 0 Å². The first-order valence-corrected chi connectivity index (χ1v) is 15.4. The molecule has 0 bridgehead atoms. The Morgan fingerprint density at radius 2 is 1.47 bits per heavy atom. The van der Waals surface area contributed by atoms with E-state index in [1.54, 1.807) is 4.90 Å². The van der Waals surface area contributed by atoms with Gasteiger partial charge < -0.3 is 14.4 Å². The maximum atomic E-state index is 12.7. The molecular weight excluding hydrogens is 585 g/mol. The number of carbonyl (C=O) groups excluding carboxylic acids is 2. The van der Waals surface area contributed by atoms with Crippen LogP contribution in [0.15, 0.2) is 66.7 Å². The average Bonchev–Trinajstić information content (AvgIpc) is 3.32. The van der Waals surface area contributed by atoms with Gasteiger partial charge in [0.05, 0.1) is 17.8 Å². The molecule has 1 saturated heterocycles. The lowest BCUT2D eigenvalue weighted by atomic mass is 9.84. The molecule has 0 spiro atoms. The third-order valence-corrected chi connectivity index (χ3v) is 8.19. The summed E-state index contributed by atoms with van der Waals surface area (Å²) in [4.78, 5) is 25.9. The Bertz CT molecular complexity index is 1540. The highest BCUT2D eigenvalue weighted by molar-refractivity contribution is 6.30. The largest absolute Gasteiger partial charge is 0.464 e. The van der Waals surface area contributed by atoms with E-state index in [1.165, 1.54) is 6.92 Å². The van der Waals surface area contributed by atoms with Crippen LogP contribution in [0.1, 0.15) is 74.8 Å². The van der Waals surface area contributed by atoms with Crippen molar-refractivity contribution in [2.24, 2.45) is 0 Å². The summed E-state index contributed by atoms with van der Waals surface area (Å²) in [7, 11) is 0. The van der Waals surface area contributed by atoms with E-state index in [1.807, 2.05) is 49.7 Å². The first-order chi connectivity index (χ1) is 20.5. The second-order valence-electron chi connectivity index (χ2n) is 12.0. The minimum atomic E-state index is -0.536.